The number of sulfonamides is 1. The number of fused-ring (bicyclic) bond motifs is 1. The summed E-state index contributed by atoms with van der Waals surface area (Å²) in [7, 11) is -3.91. The van der Waals surface area contributed by atoms with Crippen molar-refractivity contribution in [2.75, 3.05) is 6.54 Å². The summed E-state index contributed by atoms with van der Waals surface area (Å²) in [4.78, 5) is 26.7. The fraction of sp³-hybridized carbons (Fsp3) is 0.136. The number of benzene rings is 3. The average molecular weight is 455 g/mol. The second-order valence-corrected chi connectivity index (χ2v) is 8.84. The number of amides is 1. The first-order valence-electron chi connectivity index (χ1n) is 9.59. The lowest BCUT2D eigenvalue weighted by Gasteiger charge is -2.08. The molecule has 0 heterocycles. The second-order valence-electron chi connectivity index (χ2n) is 7.07. The van der Waals surface area contributed by atoms with Gasteiger partial charge in [-0.25, -0.2) is 13.1 Å². The van der Waals surface area contributed by atoms with Gasteiger partial charge in [-0.15, -0.1) is 0 Å². The largest absolute Gasteiger partial charge is 0.480 e. The van der Waals surface area contributed by atoms with Crippen LogP contribution in [0.4, 0.5) is 0 Å². The monoisotopic (exact) mass is 454 g/mol. The van der Waals surface area contributed by atoms with E-state index >= 15 is 0 Å². The van der Waals surface area contributed by atoms with E-state index in [4.69, 9.17) is 16.6 Å². The molecule has 3 rings (SSSR count). The van der Waals surface area contributed by atoms with Crippen LogP contribution in [-0.2, 0) is 26.0 Å². The minimum atomic E-state index is -3.91. The average Bonchev–Trinajstić information content (AvgIpc) is 2.77. The smallest absolute Gasteiger partial charge is 0.320 e. The van der Waals surface area contributed by atoms with Crippen molar-refractivity contribution in [2.45, 2.75) is 17.4 Å². The minimum absolute atomic E-state index is 0.0381. The number of nitrogens with one attached hydrogen (secondary N) is 1. The van der Waals surface area contributed by atoms with E-state index in [1.807, 2.05) is 12.1 Å². The Labute approximate surface area is 184 Å². The molecule has 0 spiro atoms. The highest BCUT2D eigenvalue weighted by Crippen LogP contribution is 2.18. The number of aliphatic carboxylic acids is 1. The van der Waals surface area contributed by atoms with Gasteiger partial charge in [0.1, 0.15) is 11.9 Å². The number of rotatable bonds is 8. The summed E-state index contributed by atoms with van der Waals surface area (Å²) in [5.41, 5.74) is 12.5. The summed E-state index contributed by atoms with van der Waals surface area (Å²) in [5.74, 6) is -1.95. The van der Waals surface area contributed by atoms with Crippen LogP contribution in [0.2, 0.25) is 0 Å². The van der Waals surface area contributed by atoms with Gasteiger partial charge in [-0.3, -0.25) is 9.59 Å². The molecular formula is C22H22N4O5S. The van der Waals surface area contributed by atoms with E-state index in [2.05, 4.69) is 9.71 Å². The number of carboxylic acids is 1. The third-order valence-electron chi connectivity index (χ3n) is 4.71. The van der Waals surface area contributed by atoms with Gasteiger partial charge in [-0.05, 0) is 34.9 Å². The number of aliphatic imine (C=N–C) groups is 1. The number of amidine groups is 1. The van der Waals surface area contributed by atoms with Crippen LogP contribution >= 0.6 is 0 Å². The molecule has 3 aromatic carbocycles. The minimum Gasteiger partial charge on any atom is -0.480 e. The second kappa shape index (κ2) is 9.69. The van der Waals surface area contributed by atoms with Gasteiger partial charge in [0.05, 0.1) is 11.4 Å². The van der Waals surface area contributed by atoms with Gasteiger partial charge in [0.2, 0.25) is 10.0 Å². The Morgan fingerprint density at radius 2 is 1.66 bits per heavy atom. The van der Waals surface area contributed by atoms with Crippen molar-refractivity contribution in [3.05, 3.63) is 77.9 Å². The Balaban J connectivity index is 1.64. The first kappa shape index (κ1) is 23.1. The predicted molar refractivity (Wildman–Crippen MR) is 121 cm³/mol. The lowest BCUT2D eigenvalue weighted by atomic mass is 10.0. The molecule has 0 bridgehead atoms. The van der Waals surface area contributed by atoms with Gasteiger partial charge >= 0.3 is 5.97 Å². The molecule has 0 aliphatic rings. The molecule has 10 heteroatoms. The van der Waals surface area contributed by atoms with Crippen molar-refractivity contribution >= 4 is 38.5 Å². The SMILES string of the molecule is NC(=NC(=O)CNS(=O)(=O)c1ccc2ccccc2c1)c1ccc(C[C@H](N)C(=O)O)cc1. The Morgan fingerprint density at radius 3 is 2.31 bits per heavy atom. The first-order chi connectivity index (χ1) is 15.2. The van der Waals surface area contributed by atoms with Crippen molar-refractivity contribution in [1.82, 2.24) is 4.72 Å². The molecule has 0 saturated carbocycles. The van der Waals surface area contributed by atoms with Crippen LogP contribution in [0, 0.1) is 0 Å². The lowest BCUT2D eigenvalue weighted by Crippen LogP contribution is -2.32. The first-order valence-corrected chi connectivity index (χ1v) is 11.1. The number of hydrogen-bond acceptors (Lipinski definition) is 5. The molecular weight excluding hydrogens is 432 g/mol. The Kier molecular flexibility index (Phi) is 6.98. The quantitative estimate of drug-likeness (QED) is 0.291. The highest BCUT2D eigenvalue weighted by atomic mass is 32.2. The molecule has 0 aromatic heterocycles. The van der Waals surface area contributed by atoms with E-state index in [1.54, 1.807) is 42.5 Å². The zero-order chi connectivity index (χ0) is 23.3. The van der Waals surface area contributed by atoms with Gasteiger partial charge < -0.3 is 16.6 Å². The summed E-state index contributed by atoms with van der Waals surface area (Å²) in [6.07, 6.45) is 0.141. The van der Waals surface area contributed by atoms with Crippen molar-refractivity contribution in [3.8, 4) is 0 Å². The fourth-order valence-electron chi connectivity index (χ4n) is 2.97. The van der Waals surface area contributed by atoms with E-state index in [-0.39, 0.29) is 17.2 Å². The Hall–Kier alpha value is -3.60. The number of carbonyl (C=O) groups excluding carboxylic acids is 1. The van der Waals surface area contributed by atoms with E-state index in [9.17, 15) is 18.0 Å². The number of carboxylic acid groups (broad SMARTS) is 1. The maximum atomic E-state index is 12.5. The summed E-state index contributed by atoms with van der Waals surface area (Å²) in [5, 5.41) is 10.5. The molecule has 0 radical (unpaired) electrons. The van der Waals surface area contributed by atoms with E-state index in [0.717, 1.165) is 10.8 Å². The number of nitrogens with two attached hydrogens (primary N) is 2. The molecule has 1 amide bonds. The third-order valence-corrected chi connectivity index (χ3v) is 6.11. The van der Waals surface area contributed by atoms with Crippen LogP contribution in [0.5, 0.6) is 0 Å². The molecule has 0 aliphatic carbocycles. The molecule has 166 valence electrons. The van der Waals surface area contributed by atoms with Gasteiger partial charge in [-0.2, -0.15) is 4.99 Å². The van der Waals surface area contributed by atoms with Gasteiger partial charge in [0.15, 0.2) is 0 Å². The van der Waals surface area contributed by atoms with Crippen LogP contribution in [0.1, 0.15) is 11.1 Å². The summed E-state index contributed by atoms with van der Waals surface area (Å²) >= 11 is 0. The number of carbonyl (C=O) groups is 2. The molecule has 0 fully saturated rings. The highest BCUT2D eigenvalue weighted by Gasteiger charge is 2.16. The maximum absolute atomic E-state index is 12.5. The van der Waals surface area contributed by atoms with E-state index < -0.39 is 34.5 Å². The Morgan fingerprint density at radius 1 is 1.00 bits per heavy atom. The van der Waals surface area contributed by atoms with Gasteiger partial charge in [-0.1, -0.05) is 54.6 Å². The van der Waals surface area contributed by atoms with Crippen LogP contribution < -0.4 is 16.2 Å². The lowest BCUT2D eigenvalue weighted by molar-refractivity contribution is -0.138. The van der Waals surface area contributed by atoms with Crippen molar-refractivity contribution < 1.29 is 23.1 Å². The molecule has 0 aliphatic heterocycles. The molecule has 3 aromatic rings. The van der Waals surface area contributed by atoms with Gasteiger partial charge in [0, 0.05) is 5.56 Å². The van der Waals surface area contributed by atoms with Crippen LogP contribution in [-0.4, -0.2) is 43.8 Å². The summed E-state index contributed by atoms with van der Waals surface area (Å²) in [6, 6.07) is 17.4. The van der Waals surface area contributed by atoms with Crippen molar-refractivity contribution in [3.63, 3.8) is 0 Å². The van der Waals surface area contributed by atoms with E-state index in [0.29, 0.717) is 11.1 Å². The number of hydrogen-bond donors (Lipinski definition) is 4. The summed E-state index contributed by atoms with van der Waals surface area (Å²) in [6.45, 7) is -0.554. The predicted octanol–water partition coefficient (Wildman–Crippen LogP) is 1.00. The maximum Gasteiger partial charge on any atom is 0.320 e. The molecule has 1 atom stereocenters. The highest BCUT2D eigenvalue weighted by molar-refractivity contribution is 7.89. The molecule has 0 unspecified atom stereocenters. The van der Waals surface area contributed by atoms with Crippen LogP contribution in [0.25, 0.3) is 10.8 Å². The van der Waals surface area contributed by atoms with Crippen molar-refractivity contribution in [2.24, 2.45) is 16.5 Å². The topological polar surface area (TPSA) is 165 Å². The van der Waals surface area contributed by atoms with Crippen LogP contribution in [0.3, 0.4) is 0 Å². The van der Waals surface area contributed by atoms with Crippen molar-refractivity contribution in [1.29, 1.82) is 0 Å². The molecule has 32 heavy (non-hydrogen) atoms. The fourth-order valence-corrected chi connectivity index (χ4v) is 3.98. The van der Waals surface area contributed by atoms with Gasteiger partial charge in [0.25, 0.3) is 5.91 Å². The van der Waals surface area contributed by atoms with E-state index in [1.165, 1.54) is 12.1 Å². The Bertz CT molecular complexity index is 1290. The zero-order valence-electron chi connectivity index (χ0n) is 16.9. The van der Waals surface area contributed by atoms with Crippen LogP contribution in [0.15, 0.2) is 76.6 Å². The standard InChI is InChI=1S/C22H22N4O5S/c23-19(22(28)29)11-14-5-7-16(8-6-14)21(24)26-20(27)13-25-32(30,31)18-10-9-15-3-1-2-4-17(15)12-18/h1-10,12,19,25H,11,13,23H2,(H,28,29)(H2,24,26,27)/t19-/m0/s1. The molecule has 9 nitrogen and oxygen atoms in total. The summed E-state index contributed by atoms with van der Waals surface area (Å²) < 4.78 is 27.3. The zero-order valence-corrected chi connectivity index (χ0v) is 17.7. The third kappa shape index (κ3) is 5.76. The number of nitrogens with zero attached hydrogens (tertiary/aromatic N) is 1. The normalized spacial score (nSPS) is 13.1. The molecule has 6 N–H and O–H groups in total. The molecule has 0 saturated heterocycles.